The van der Waals surface area contributed by atoms with Crippen LogP contribution in [0, 0.1) is 12.7 Å². The third-order valence-corrected chi connectivity index (χ3v) is 3.37. The number of allylic oxidation sites excluding steroid dienone is 4. The van der Waals surface area contributed by atoms with E-state index in [9.17, 15) is 9.18 Å². The summed E-state index contributed by atoms with van der Waals surface area (Å²) in [6, 6.07) is 4.41. The molecular formula is C16H14FN3O. The van der Waals surface area contributed by atoms with Crippen molar-refractivity contribution in [3.05, 3.63) is 65.9 Å². The number of carbonyl (C=O) groups excluding carboxylic acids is 1. The molecule has 1 aliphatic rings. The van der Waals surface area contributed by atoms with Crippen molar-refractivity contribution < 1.29 is 9.18 Å². The standard InChI is InChI=1S/C16H14FN3O/c1-10-6-11-7-12(17)8-14(16(18)21)15(11)20(10)13-4-2-3-5-19-9-13/h2-9,19H,1H3,(H2,18,21). The van der Waals surface area contributed by atoms with Gasteiger partial charge in [-0.15, -0.1) is 0 Å². The molecule has 1 amide bonds. The Morgan fingerprint density at radius 2 is 2.10 bits per heavy atom. The lowest BCUT2D eigenvalue weighted by atomic mass is 10.1. The summed E-state index contributed by atoms with van der Waals surface area (Å²) in [5.41, 5.74) is 7.91. The number of halogens is 1. The first-order chi connectivity index (χ1) is 10.1. The Bertz CT molecular complexity index is 828. The molecule has 1 aromatic heterocycles. The second-order valence-corrected chi connectivity index (χ2v) is 4.83. The zero-order chi connectivity index (χ0) is 15.0. The van der Waals surface area contributed by atoms with Gasteiger partial charge in [-0.25, -0.2) is 4.39 Å². The highest BCUT2D eigenvalue weighted by Crippen LogP contribution is 2.28. The highest BCUT2D eigenvalue weighted by atomic mass is 19.1. The van der Waals surface area contributed by atoms with Gasteiger partial charge >= 0.3 is 0 Å². The molecule has 1 aliphatic heterocycles. The smallest absolute Gasteiger partial charge is 0.250 e. The molecule has 0 spiro atoms. The van der Waals surface area contributed by atoms with Gasteiger partial charge in [-0.2, -0.15) is 0 Å². The lowest BCUT2D eigenvalue weighted by Gasteiger charge is -2.11. The molecule has 0 unspecified atom stereocenters. The normalized spacial score (nSPS) is 13.9. The lowest BCUT2D eigenvalue weighted by Crippen LogP contribution is -2.14. The molecule has 106 valence electrons. The van der Waals surface area contributed by atoms with E-state index >= 15 is 0 Å². The molecule has 2 heterocycles. The van der Waals surface area contributed by atoms with Gasteiger partial charge in [0.25, 0.3) is 5.91 Å². The van der Waals surface area contributed by atoms with E-state index in [1.807, 2.05) is 35.8 Å². The molecular weight excluding hydrogens is 269 g/mol. The average molecular weight is 283 g/mol. The van der Waals surface area contributed by atoms with Crippen molar-refractivity contribution in [3.8, 4) is 0 Å². The molecule has 0 saturated carbocycles. The monoisotopic (exact) mass is 283 g/mol. The molecule has 3 rings (SSSR count). The molecule has 0 aliphatic carbocycles. The predicted octanol–water partition coefficient (Wildman–Crippen LogP) is 2.66. The van der Waals surface area contributed by atoms with Crippen molar-refractivity contribution in [1.29, 1.82) is 0 Å². The molecule has 0 atom stereocenters. The molecule has 4 nitrogen and oxygen atoms in total. The number of nitrogens with two attached hydrogens (primary N) is 1. The van der Waals surface area contributed by atoms with Crippen LogP contribution < -0.4 is 11.1 Å². The molecule has 2 aromatic rings. The second kappa shape index (κ2) is 4.94. The number of rotatable bonds is 2. The van der Waals surface area contributed by atoms with Crippen LogP contribution in [0.3, 0.4) is 0 Å². The van der Waals surface area contributed by atoms with E-state index in [4.69, 9.17) is 5.73 Å². The van der Waals surface area contributed by atoms with Crippen LogP contribution in [0.4, 0.5) is 4.39 Å². The van der Waals surface area contributed by atoms with E-state index in [1.165, 1.54) is 12.1 Å². The first kappa shape index (κ1) is 13.2. The number of aromatic nitrogens is 1. The number of nitrogens with one attached hydrogen (secondary N) is 1. The number of primary amides is 1. The number of fused-ring (bicyclic) bond motifs is 1. The van der Waals surface area contributed by atoms with Crippen LogP contribution >= 0.6 is 0 Å². The van der Waals surface area contributed by atoms with E-state index in [-0.39, 0.29) is 5.56 Å². The van der Waals surface area contributed by atoms with Crippen LogP contribution in [0.25, 0.3) is 16.6 Å². The number of benzene rings is 1. The number of nitrogens with zero attached hydrogens (tertiary/aromatic N) is 1. The SMILES string of the molecule is Cc1cc2cc(F)cc(C(N)=O)c2n1C1=CNC=CC=C1. The Morgan fingerprint density at radius 1 is 1.29 bits per heavy atom. The summed E-state index contributed by atoms with van der Waals surface area (Å²) < 4.78 is 15.5. The van der Waals surface area contributed by atoms with E-state index in [2.05, 4.69) is 5.32 Å². The zero-order valence-corrected chi connectivity index (χ0v) is 11.4. The van der Waals surface area contributed by atoms with Crippen molar-refractivity contribution >= 4 is 22.5 Å². The summed E-state index contributed by atoms with van der Waals surface area (Å²) in [5, 5.41) is 3.67. The number of amides is 1. The average Bonchev–Trinajstić information content (AvgIpc) is 2.63. The maximum absolute atomic E-state index is 13.6. The van der Waals surface area contributed by atoms with Crippen LogP contribution in [-0.2, 0) is 0 Å². The highest BCUT2D eigenvalue weighted by Gasteiger charge is 2.17. The fraction of sp³-hybridized carbons (Fsp3) is 0.0625. The van der Waals surface area contributed by atoms with Gasteiger partial charge in [0.05, 0.1) is 16.8 Å². The van der Waals surface area contributed by atoms with E-state index < -0.39 is 11.7 Å². The van der Waals surface area contributed by atoms with Gasteiger partial charge in [-0.1, -0.05) is 6.08 Å². The number of hydrogen-bond acceptors (Lipinski definition) is 2. The Morgan fingerprint density at radius 3 is 2.86 bits per heavy atom. The van der Waals surface area contributed by atoms with Gasteiger partial charge in [-0.3, -0.25) is 4.79 Å². The Hall–Kier alpha value is -2.82. The number of hydrogen-bond donors (Lipinski definition) is 2. The van der Waals surface area contributed by atoms with Crippen molar-refractivity contribution in [3.63, 3.8) is 0 Å². The maximum Gasteiger partial charge on any atom is 0.250 e. The number of aryl methyl sites for hydroxylation is 1. The lowest BCUT2D eigenvalue weighted by molar-refractivity contribution is 0.100. The predicted molar refractivity (Wildman–Crippen MR) is 80.8 cm³/mol. The minimum atomic E-state index is -0.650. The summed E-state index contributed by atoms with van der Waals surface area (Å²) in [6.07, 6.45) is 9.24. The van der Waals surface area contributed by atoms with E-state index in [1.54, 1.807) is 12.4 Å². The zero-order valence-electron chi connectivity index (χ0n) is 11.4. The van der Waals surface area contributed by atoms with Crippen molar-refractivity contribution in [2.24, 2.45) is 5.73 Å². The molecule has 1 aromatic carbocycles. The largest absolute Gasteiger partial charge is 0.366 e. The minimum Gasteiger partial charge on any atom is -0.366 e. The molecule has 0 radical (unpaired) electrons. The van der Waals surface area contributed by atoms with Gasteiger partial charge in [-0.05, 0) is 37.3 Å². The first-order valence-corrected chi connectivity index (χ1v) is 6.49. The minimum absolute atomic E-state index is 0.171. The Balaban J connectivity index is 2.35. The van der Waals surface area contributed by atoms with Crippen LogP contribution in [0.5, 0.6) is 0 Å². The van der Waals surface area contributed by atoms with Crippen molar-refractivity contribution in [1.82, 2.24) is 9.88 Å². The summed E-state index contributed by atoms with van der Waals surface area (Å²) in [6.45, 7) is 1.90. The molecule has 5 heteroatoms. The van der Waals surface area contributed by atoms with Crippen LogP contribution in [0.2, 0.25) is 0 Å². The van der Waals surface area contributed by atoms with Crippen LogP contribution in [0.15, 0.2) is 48.8 Å². The summed E-state index contributed by atoms with van der Waals surface area (Å²) in [5.74, 6) is -1.12. The molecule has 21 heavy (non-hydrogen) atoms. The Kier molecular flexibility index (Phi) is 3.10. The third kappa shape index (κ3) is 2.23. The van der Waals surface area contributed by atoms with Crippen LogP contribution in [-0.4, -0.2) is 10.5 Å². The summed E-state index contributed by atoms with van der Waals surface area (Å²) >= 11 is 0. The molecule has 3 N–H and O–H groups in total. The quantitative estimate of drug-likeness (QED) is 0.890. The summed E-state index contributed by atoms with van der Waals surface area (Å²) in [7, 11) is 0. The van der Waals surface area contributed by atoms with Gasteiger partial charge in [0.1, 0.15) is 5.82 Å². The fourth-order valence-electron chi connectivity index (χ4n) is 2.55. The second-order valence-electron chi connectivity index (χ2n) is 4.83. The first-order valence-electron chi connectivity index (χ1n) is 6.49. The van der Waals surface area contributed by atoms with Crippen molar-refractivity contribution in [2.45, 2.75) is 6.92 Å². The summed E-state index contributed by atoms with van der Waals surface area (Å²) in [4.78, 5) is 11.7. The third-order valence-electron chi connectivity index (χ3n) is 3.37. The molecule has 0 fully saturated rings. The Labute approximate surface area is 121 Å². The van der Waals surface area contributed by atoms with Crippen molar-refractivity contribution in [2.75, 3.05) is 0 Å². The molecule has 0 bridgehead atoms. The van der Waals surface area contributed by atoms with Gasteiger partial charge in [0.15, 0.2) is 0 Å². The number of carbonyl (C=O) groups is 1. The fourth-order valence-corrected chi connectivity index (χ4v) is 2.55. The molecule has 0 saturated heterocycles. The topological polar surface area (TPSA) is 60.1 Å². The van der Waals surface area contributed by atoms with E-state index in [0.717, 1.165) is 11.4 Å². The van der Waals surface area contributed by atoms with Crippen LogP contribution in [0.1, 0.15) is 16.1 Å². The van der Waals surface area contributed by atoms with Gasteiger partial charge < -0.3 is 15.6 Å². The van der Waals surface area contributed by atoms with Gasteiger partial charge in [0.2, 0.25) is 0 Å². The highest BCUT2D eigenvalue weighted by molar-refractivity contribution is 6.06. The maximum atomic E-state index is 13.6. The van der Waals surface area contributed by atoms with E-state index in [0.29, 0.717) is 10.9 Å². The van der Waals surface area contributed by atoms with Gasteiger partial charge in [0, 0.05) is 23.5 Å².